The van der Waals surface area contributed by atoms with Crippen LogP contribution in [0.25, 0.3) is 65.0 Å². The summed E-state index contributed by atoms with van der Waals surface area (Å²) >= 11 is 11.9. The fourth-order valence-corrected chi connectivity index (χ4v) is 20.6. The Balaban J connectivity index is 0.000000220. The molecule has 4 atom stereocenters. The molecule has 0 spiro atoms. The summed E-state index contributed by atoms with van der Waals surface area (Å²) in [4.78, 5) is 21.3. The number of thioether (sulfide) groups is 9. The average molecular weight is 2070 g/mol. The molecule has 32 nitrogen and oxygen atoms in total. The SMILES string of the molecule is N#CCC1CC(CSC(=N)N)C1.N#CCC1CC1CSC(=N)N.N#CCC1CCC1CSC(=N)N.N#CCc1cc(CSC(=N)N)c2ccccc2c1.N#CCc1cc(CSC(=N)N)c2cccnc2c1.N#CCc1cc(CSC(=N)N)c2ncccc2c1.N#CCc1ccc(CSC(=N)N)c2ccncc12.N#CCc1ccc(CSC(=N)N)c2cnccc12.N#CCc1ccc(CSC(=N)N)c2ncccc12. The van der Waals surface area contributed by atoms with E-state index in [1.54, 1.807) is 43.4 Å². The summed E-state index contributed by atoms with van der Waals surface area (Å²) in [6.07, 6.45) is 22.4. The first-order valence-electron chi connectivity index (χ1n) is 44.3. The molecule has 4 unspecified atom stereocenters. The zero-order valence-corrected chi connectivity index (χ0v) is 85.6. The van der Waals surface area contributed by atoms with Crippen molar-refractivity contribution < 1.29 is 0 Å². The minimum Gasteiger partial charge on any atom is -0.379 e. The number of amidine groups is 9. The van der Waals surface area contributed by atoms with E-state index in [2.05, 4.69) is 85.6 Å². The van der Waals surface area contributed by atoms with Crippen LogP contribution in [-0.2, 0) is 73.0 Å². The third kappa shape index (κ3) is 41.0. The smallest absolute Gasteiger partial charge is 0.151 e. The first-order valence-corrected chi connectivity index (χ1v) is 53.2. The van der Waals surface area contributed by atoms with E-state index in [-0.39, 0.29) is 46.5 Å². The summed E-state index contributed by atoms with van der Waals surface area (Å²) in [6, 6.07) is 66.7. The molecule has 0 amide bonds. The fourth-order valence-electron chi connectivity index (χ4n) is 15.0. The van der Waals surface area contributed by atoms with Gasteiger partial charge in [0.2, 0.25) is 0 Å². The van der Waals surface area contributed by atoms with Gasteiger partial charge >= 0.3 is 0 Å². The van der Waals surface area contributed by atoms with Crippen LogP contribution in [0.2, 0.25) is 0 Å². The van der Waals surface area contributed by atoms with Gasteiger partial charge in [-0.1, -0.05) is 209 Å². The van der Waals surface area contributed by atoms with Crippen molar-refractivity contribution in [3.05, 3.63) is 256 Å². The molecule has 15 rings (SSSR count). The van der Waals surface area contributed by atoms with Crippen molar-refractivity contribution in [3.63, 3.8) is 0 Å². The number of nitriles is 9. The van der Waals surface area contributed by atoms with Crippen molar-refractivity contribution in [2.24, 2.45) is 87.1 Å². The van der Waals surface area contributed by atoms with E-state index in [9.17, 15) is 0 Å². The molecule has 3 aliphatic carbocycles. The topological polar surface area (TPSA) is 727 Å². The molecule has 5 heterocycles. The zero-order valence-electron chi connectivity index (χ0n) is 78.3. The third-order valence-electron chi connectivity index (χ3n) is 22.1. The van der Waals surface area contributed by atoms with Crippen LogP contribution >= 0.6 is 106 Å². The second-order valence-electron chi connectivity index (χ2n) is 32.1. The van der Waals surface area contributed by atoms with Crippen LogP contribution in [-0.4, -0.2) is 88.7 Å². The second-order valence-corrected chi connectivity index (χ2v) is 41.4. The molecule has 41 heteroatoms. The summed E-state index contributed by atoms with van der Waals surface area (Å²) in [5, 5.41) is 153. The fraction of sp³-hybridized carbons (Fsp3) is 0.284. The van der Waals surface area contributed by atoms with Crippen LogP contribution in [0.5, 0.6) is 0 Å². The Hall–Kier alpha value is -14.4. The van der Waals surface area contributed by atoms with Gasteiger partial charge in [0.15, 0.2) is 46.5 Å². The molecule has 7 aromatic carbocycles. The summed E-state index contributed by atoms with van der Waals surface area (Å²) < 4.78 is 0. The van der Waals surface area contributed by atoms with Crippen LogP contribution in [0.15, 0.2) is 189 Å². The lowest BCUT2D eigenvalue weighted by molar-refractivity contribution is 0.207. The molecular formula is C102H110N32S9. The van der Waals surface area contributed by atoms with Gasteiger partial charge in [-0.05, 0) is 198 Å². The van der Waals surface area contributed by atoms with Gasteiger partial charge in [-0.2, -0.15) is 47.4 Å². The Morgan fingerprint density at radius 3 is 1.14 bits per heavy atom. The van der Waals surface area contributed by atoms with Crippen molar-refractivity contribution in [3.8, 4) is 54.6 Å². The maximum Gasteiger partial charge on any atom is 0.151 e. The van der Waals surface area contributed by atoms with Crippen LogP contribution in [0, 0.1) is 186 Å². The van der Waals surface area contributed by atoms with E-state index < -0.39 is 0 Å². The molecule has 0 bridgehead atoms. The molecule has 0 aliphatic heterocycles. The largest absolute Gasteiger partial charge is 0.379 e. The van der Waals surface area contributed by atoms with E-state index in [0.717, 1.165) is 168 Å². The summed E-state index contributed by atoms with van der Waals surface area (Å²) in [5.41, 5.74) is 62.7. The molecule has 3 aliphatic rings. The summed E-state index contributed by atoms with van der Waals surface area (Å²) in [7, 11) is 0. The van der Waals surface area contributed by atoms with Crippen LogP contribution in [0.4, 0.5) is 0 Å². The van der Waals surface area contributed by atoms with Crippen LogP contribution < -0.4 is 51.6 Å². The van der Waals surface area contributed by atoms with Gasteiger partial charge in [0.25, 0.3) is 0 Å². The quantitative estimate of drug-likeness (QED) is 0.0168. The first kappa shape index (κ1) is 116. The predicted octanol–water partition coefficient (Wildman–Crippen LogP) is 19.4. The maximum atomic E-state index is 8.81. The monoisotopic (exact) mass is 2070 g/mol. The van der Waals surface area contributed by atoms with E-state index >= 15 is 0 Å². The number of pyridine rings is 5. The second kappa shape index (κ2) is 63.4. The Kier molecular flexibility index (Phi) is 51.3. The number of benzene rings is 7. The lowest BCUT2D eigenvalue weighted by atomic mass is 9.73. The van der Waals surface area contributed by atoms with E-state index in [0.29, 0.717) is 128 Å². The Bertz CT molecular complexity index is 6350. The third-order valence-corrected chi connectivity index (χ3v) is 29.4. The lowest BCUT2D eigenvalue weighted by Gasteiger charge is -2.34. The maximum absolute atomic E-state index is 8.81. The molecular weight excluding hydrogens is 1960 g/mol. The number of rotatable bonds is 27. The molecule has 5 aromatic heterocycles. The van der Waals surface area contributed by atoms with Gasteiger partial charge in [0, 0.05) is 141 Å². The van der Waals surface area contributed by atoms with Crippen LogP contribution in [0.1, 0.15) is 118 Å². The van der Waals surface area contributed by atoms with Crippen molar-refractivity contribution in [1.82, 2.24) is 24.9 Å². The van der Waals surface area contributed by atoms with Crippen molar-refractivity contribution in [2.75, 3.05) is 17.3 Å². The number of nitrogens with zero attached hydrogens (tertiary/aromatic N) is 14. The minimum atomic E-state index is 0.0877. The van der Waals surface area contributed by atoms with E-state index in [1.165, 1.54) is 119 Å². The molecule has 732 valence electrons. The zero-order chi connectivity index (χ0) is 104. The number of hydrogen-bond acceptors (Lipinski definition) is 32. The highest BCUT2D eigenvalue weighted by molar-refractivity contribution is 8.15. The van der Waals surface area contributed by atoms with Gasteiger partial charge in [-0.3, -0.25) is 73.6 Å². The average Bonchev–Trinajstić information content (AvgIpc) is 1.75. The molecule has 3 fully saturated rings. The lowest BCUT2D eigenvalue weighted by Crippen LogP contribution is -2.28. The van der Waals surface area contributed by atoms with Crippen molar-refractivity contribution in [2.45, 2.75) is 124 Å². The van der Waals surface area contributed by atoms with Gasteiger partial charge < -0.3 is 51.6 Å². The normalized spacial score (nSPS) is 14.4. The van der Waals surface area contributed by atoms with Gasteiger partial charge in [-0.15, -0.1) is 0 Å². The Labute approximate surface area is 870 Å². The minimum absolute atomic E-state index is 0.0877. The summed E-state index contributed by atoms with van der Waals surface area (Å²) in [6.45, 7) is 0. The van der Waals surface area contributed by atoms with E-state index in [1.807, 2.05) is 140 Å². The van der Waals surface area contributed by atoms with E-state index in [4.69, 9.17) is 148 Å². The highest BCUT2D eigenvalue weighted by Crippen LogP contribution is 2.44. The highest BCUT2D eigenvalue weighted by Gasteiger charge is 2.36. The Morgan fingerprint density at radius 1 is 0.273 bits per heavy atom. The predicted molar refractivity (Wildman–Crippen MR) is 596 cm³/mol. The van der Waals surface area contributed by atoms with Crippen molar-refractivity contribution >= 4 is 217 Å². The van der Waals surface area contributed by atoms with Crippen LogP contribution in [0.3, 0.4) is 0 Å². The Morgan fingerprint density at radius 2 is 0.636 bits per heavy atom. The standard InChI is InChI=1S/C14H13N3S.5C13H12N4S.2C8H13N3S.C7H11N3S/c15-6-5-10-7-11-3-1-2-4-13(11)12(8-10)9-18-14(16)17;14-5-3-9-1-2-10(8-18-13(15)16)11-4-6-17-7-12(9)11;14-5-3-9-1-2-10(8-18-13(15)16)12-7-17-6-4-11(9)12;14-6-5-9-3-4-10(8-18-13(15)16)12-11(9)2-1-7-17-12;14-4-3-9-6-10(8-18-13(15)16)11-2-1-5-17-12(11)7-9;14-4-3-9-6-10-2-1-5-17-12(10)11(7-9)8-18-13(15)16;9-2-1-6-3-7(4-6)5-12-8(10)11;9-4-3-6-1-2-7(6)5-12-8(10)11;8-2-1-5-3-6(5)4-11-7(9)10/h1-4,7-8H,5,9H2,(H3,16,17);2*1-2,4,6-7H,3,8H2,(H3,15,16);1-4,7H,5,8H2,(H3,15,16);2*1-2,5-7H,3,8H2,(H3,15,16);6-7H,1,3-5H2,(H3,10,11);6-7H,1-3,5H2,(H3,10,11);5-6H,1,3-4H2,(H3,9,10). The molecule has 0 saturated heterocycles. The number of aromatic nitrogens is 5. The molecule has 3 saturated carbocycles. The van der Waals surface area contributed by atoms with Gasteiger partial charge in [-0.25, -0.2) is 0 Å². The molecule has 12 aromatic rings. The number of nitrogens with one attached hydrogen (secondary N) is 9. The highest BCUT2D eigenvalue weighted by atomic mass is 32.2. The van der Waals surface area contributed by atoms with Crippen molar-refractivity contribution in [1.29, 1.82) is 96.0 Å². The first-order chi connectivity index (χ1) is 69.0. The molecule has 27 N–H and O–H groups in total. The summed E-state index contributed by atoms with van der Waals surface area (Å²) in [5.74, 6) is 10.3. The number of hydrogen-bond donors (Lipinski definition) is 18. The number of fused-ring (bicyclic) bond motifs is 6. The van der Waals surface area contributed by atoms with Gasteiger partial charge in [0.05, 0.1) is 110 Å². The number of nitrogens with two attached hydrogens (primary N) is 9. The van der Waals surface area contributed by atoms with Gasteiger partial charge in [0.1, 0.15) is 0 Å². The molecule has 143 heavy (non-hydrogen) atoms. The molecule has 0 radical (unpaired) electrons.